The van der Waals surface area contributed by atoms with Crippen molar-refractivity contribution in [2.75, 3.05) is 51.9 Å². The molecule has 4 saturated heterocycles. The number of nitrogens with one attached hydrogen (secondary N) is 1. The molecule has 0 unspecified atom stereocenters. The normalized spacial score (nSPS) is 29.6. The highest BCUT2D eigenvalue weighted by Crippen LogP contribution is 2.29. The van der Waals surface area contributed by atoms with Crippen LogP contribution >= 0.6 is 11.6 Å². The summed E-state index contributed by atoms with van der Waals surface area (Å²) in [7, 11) is 0. The van der Waals surface area contributed by atoms with Gasteiger partial charge in [-0.2, -0.15) is 0 Å². The van der Waals surface area contributed by atoms with Crippen molar-refractivity contribution in [2.24, 2.45) is 0 Å². The lowest BCUT2D eigenvalue weighted by Crippen LogP contribution is -2.80. The van der Waals surface area contributed by atoms with Gasteiger partial charge in [0.15, 0.2) is 12.3 Å². The van der Waals surface area contributed by atoms with E-state index < -0.39 is 0 Å². The Morgan fingerprint density at radius 3 is 2.17 bits per heavy atom. The van der Waals surface area contributed by atoms with Gasteiger partial charge in [-0.05, 0) is 18.2 Å². The van der Waals surface area contributed by atoms with Crippen LogP contribution in [0.2, 0.25) is 5.02 Å². The highest BCUT2D eigenvalue weighted by Gasteiger charge is 2.49. The van der Waals surface area contributed by atoms with Crippen molar-refractivity contribution < 1.29 is 14.1 Å². The van der Waals surface area contributed by atoms with E-state index in [-0.39, 0.29) is 11.7 Å². The summed E-state index contributed by atoms with van der Waals surface area (Å²) in [4.78, 5) is 33.1. The molecule has 29 heavy (non-hydrogen) atoms. The van der Waals surface area contributed by atoms with E-state index in [4.69, 9.17) is 11.6 Å². The zero-order valence-electron chi connectivity index (χ0n) is 16.1. The van der Waals surface area contributed by atoms with Crippen molar-refractivity contribution >= 4 is 29.0 Å². The van der Waals surface area contributed by atoms with E-state index in [1.165, 1.54) is 0 Å². The molecule has 150 valence electrons. The van der Waals surface area contributed by atoms with E-state index in [0.29, 0.717) is 32.9 Å². The first-order chi connectivity index (χ1) is 14.0. The third kappa shape index (κ3) is 3.68. The molecule has 0 aliphatic carbocycles. The summed E-state index contributed by atoms with van der Waals surface area (Å²) in [6.45, 7) is 5.97. The number of nitrogens with zero attached hydrogens (tertiary/aromatic N) is 4. The molecule has 4 heterocycles. The number of hydrogen-bond donors (Lipinski definition) is 1. The van der Waals surface area contributed by atoms with E-state index in [9.17, 15) is 9.59 Å². The van der Waals surface area contributed by atoms with Crippen LogP contribution < -0.4 is 5.32 Å². The number of hydrogen-bond acceptors (Lipinski definition) is 5. The van der Waals surface area contributed by atoms with Gasteiger partial charge in [-0.15, -0.1) is 0 Å². The molecule has 4 aliphatic rings. The Labute approximate surface area is 174 Å². The molecule has 4 fully saturated rings. The molecule has 1 amide bonds. The van der Waals surface area contributed by atoms with Gasteiger partial charge in [-0.3, -0.25) is 14.1 Å². The second-order valence-corrected chi connectivity index (χ2v) is 8.73. The molecule has 2 aromatic rings. The molecule has 0 atom stereocenters. The van der Waals surface area contributed by atoms with E-state index in [1.54, 1.807) is 30.3 Å². The van der Waals surface area contributed by atoms with Gasteiger partial charge < -0.3 is 5.32 Å². The fourth-order valence-corrected chi connectivity index (χ4v) is 5.03. The summed E-state index contributed by atoms with van der Waals surface area (Å²) in [5.41, 5.74) is 1.48. The number of benzene rings is 2. The first-order valence-electron chi connectivity index (χ1n) is 9.71. The minimum atomic E-state index is -0.156. The minimum Gasteiger partial charge on any atom is -0.320 e. The van der Waals surface area contributed by atoms with Crippen LogP contribution in [0.1, 0.15) is 15.9 Å². The maximum absolute atomic E-state index is 13.0. The highest BCUT2D eigenvalue weighted by molar-refractivity contribution is 6.31. The van der Waals surface area contributed by atoms with Crippen LogP contribution in [0.5, 0.6) is 0 Å². The van der Waals surface area contributed by atoms with Crippen LogP contribution in [-0.2, 0) is 4.79 Å². The predicted octanol–water partition coefficient (Wildman–Crippen LogP) is 2.02. The van der Waals surface area contributed by atoms with E-state index >= 15 is 0 Å². The Bertz CT molecular complexity index is 930. The molecule has 0 radical (unpaired) electrons. The first-order valence-corrected chi connectivity index (χ1v) is 10.1. The average Bonchev–Trinajstić information content (AvgIpc) is 2.68. The van der Waals surface area contributed by atoms with Gasteiger partial charge in [0, 0.05) is 16.1 Å². The number of halogens is 1. The first kappa shape index (κ1) is 18.7. The monoisotopic (exact) mass is 412 g/mol. The third-order valence-corrected chi connectivity index (χ3v) is 5.95. The van der Waals surface area contributed by atoms with Crippen molar-refractivity contribution in [3.05, 3.63) is 64.7 Å². The zero-order chi connectivity index (χ0) is 20.0. The van der Waals surface area contributed by atoms with Crippen LogP contribution in [0.4, 0.5) is 5.69 Å². The van der Waals surface area contributed by atoms with Crippen molar-refractivity contribution in [1.82, 2.24) is 14.7 Å². The van der Waals surface area contributed by atoms with Gasteiger partial charge in [0.1, 0.15) is 20.0 Å². The largest absolute Gasteiger partial charge is 0.320 e. The number of ketones is 1. The van der Waals surface area contributed by atoms with Crippen LogP contribution in [0.25, 0.3) is 0 Å². The smallest absolute Gasteiger partial charge is 0.279 e. The minimum absolute atomic E-state index is 0.0833. The molecule has 0 saturated carbocycles. The number of carbonyl (C=O) groups excluding carboxylic acids is 2. The standard InChI is InChI=1S/C21H22ClN5O2/c22-17-6-7-19(18(8-17)21(29)16-4-2-1-3-5-16)23-20(28)9-27-13-24-10-25(14-27)12-26(11-24)15-27/h1-8H,9-15H2/p+1. The maximum Gasteiger partial charge on any atom is 0.279 e. The van der Waals surface area contributed by atoms with Crippen molar-refractivity contribution in [3.8, 4) is 0 Å². The lowest BCUT2D eigenvalue weighted by atomic mass is 10.0. The predicted molar refractivity (Wildman–Crippen MR) is 110 cm³/mol. The molecule has 7 nitrogen and oxygen atoms in total. The Morgan fingerprint density at radius 1 is 0.931 bits per heavy atom. The molecule has 4 aliphatic heterocycles. The topological polar surface area (TPSA) is 55.9 Å². The zero-order valence-corrected chi connectivity index (χ0v) is 16.8. The SMILES string of the molecule is O=C(C[N+]12CN3CN(CN(C3)C1)C2)Nc1ccc(Cl)cc1C(=O)c1ccccc1. The summed E-state index contributed by atoms with van der Waals surface area (Å²) in [6.07, 6.45) is 0. The van der Waals surface area contributed by atoms with Gasteiger partial charge in [-0.25, -0.2) is 14.7 Å². The fraction of sp³-hybridized carbons (Fsp3) is 0.333. The number of rotatable bonds is 5. The third-order valence-electron chi connectivity index (χ3n) is 5.72. The second kappa shape index (κ2) is 7.19. The van der Waals surface area contributed by atoms with Gasteiger partial charge in [0.25, 0.3) is 5.91 Å². The molecule has 0 aromatic heterocycles. The number of anilines is 1. The maximum atomic E-state index is 13.0. The van der Waals surface area contributed by atoms with Crippen LogP contribution in [-0.4, -0.2) is 77.4 Å². The van der Waals surface area contributed by atoms with Gasteiger partial charge in [-0.1, -0.05) is 41.9 Å². The lowest BCUT2D eigenvalue weighted by molar-refractivity contribution is -0.973. The van der Waals surface area contributed by atoms with Gasteiger partial charge in [0.05, 0.1) is 25.7 Å². The Morgan fingerprint density at radius 2 is 1.55 bits per heavy atom. The number of amides is 1. The van der Waals surface area contributed by atoms with Crippen LogP contribution in [0.15, 0.2) is 48.5 Å². The fourth-order valence-electron chi connectivity index (χ4n) is 4.86. The average molecular weight is 413 g/mol. The molecular formula is C21H23ClN5O2+. The Balaban J connectivity index is 1.35. The quantitative estimate of drug-likeness (QED) is 0.601. The van der Waals surface area contributed by atoms with Crippen molar-refractivity contribution in [3.63, 3.8) is 0 Å². The van der Waals surface area contributed by atoms with Gasteiger partial charge >= 0.3 is 0 Å². The number of quaternary nitrogens is 1. The van der Waals surface area contributed by atoms with Crippen molar-refractivity contribution in [1.29, 1.82) is 0 Å². The molecule has 8 heteroatoms. The molecular weight excluding hydrogens is 390 g/mol. The Kier molecular flexibility index (Phi) is 4.64. The van der Waals surface area contributed by atoms with Crippen LogP contribution in [0, 0.1) is 0 Å². The number of carbonyl (C=O) groups is 2. The summed E-state index contributed by atoms with van der Waals surface area (Å²) in [5.74, 6) is -0.240. The molecule has 2 aromatic carbocycles. The molecule has 0 spiro atoms. The lowest BCUT2D eigenvalue weighted by Gasteiger charge is -2.60. The van der Waals surface area contributed by atoms with E-state index in [0.717, 1.165) is 40.0 Å². The molecule has 4 bridgehead atoms. The van der Waals surface area contributed by atoms with E-state index in [2.05, 4.69) is 20.0 Å². The van der Waals surface area contributed by atoms with Crippen molar-refractivity contribution in [2.45, 2.75) is 0 Å². The molecule has 1 N–H and O–H groups in total. The second-order valence-electron chi connectivity index (χ2n) is 8.29. The molecule has 6 rings (SSSR count). The Hall–Kier alpha value is -2.29. The summed E-state index contributed by atoms with van der Waals surface area (Å²) in [6, 6.07) is 14.1. The highest BCUT2D eigenvalue weighted by atomic mass is 35.5. The summed E-state index contributed by atoms with van der Waals surface area (Å²) in [5, 5.41) is 3.44. The van der Waals surface area contributed by atoms with Gasteiger partial charge in [0.2, 0.25) is 0 Å². The summed E-state index contributed by atoms with van der Waals surface area (Å²) < 4.78 is 0.710. The summed E-state index contributed by atoms with van der Waals surface area (Å²) >= 11 is 6.15. The van der Waals surface area contributed by atoms with E-state index in [1.807, 2.05) is 18.2 Å². The van der Waals surface area contributed by atoms with Crippen LogP contribution in [0.3, 0.4) is 0 Å².